The quantitative estimate of drug-likeness (QED) is 0.770. The third-order valence-electron chi connectivity index (χ3n) is 4.85. The maximum Gasteiger partial charge on any atom is 0.253 e. The summed E-state index contributed by atoms with van der Waals surface area (Å²) in [7, 11) is 2.06. The summed E-state index contributed by atoms with van der Waals surface area (Å²) in [5, 5.41) is 2.84. The fraction of sp³-hybridized carbons (Fsp3) is 0.556. The number of nitrogens with one attached hydrogen (secondary N) is 1. The van der Waals surface area contributed by atoms with Crippen LogP contribution in [0.3, 0.4) is 0 Å². The maximum atomic E-state index is 12.5. The van der Waals surface area contributed by atoms with Gasteiger partial charge in [-0.25, -0.2) is 0 Å². The van der Waals surface area contributed by atoms with Gasteiger partial charge in [0.2, 0.25) is 0 Å². The number of carbonyl (C=O) groups excluding carboxylic acids is 2. The first-order valence-electron chi connectivity index (χ1n) is 8.81. The molecule has 1 aromatic rings. The molecule has 0 saturated carbocycles. The third-order valence-corrected chi connectivity index (χ3v) is 4.85. The largest absolute Gasteiger partial charge is 0.364 e. The van der Waals surface area contributed by atoms with Crippen LogP contribution in [0.2, 0.25) is 0 Å². The molecule has 3 N–H and O–H groups in total. The highest BCUT2D eigenvalue weighted by molar-refractivity contribution is 5.97. The molecule has 0 radical (unpaired) electrons. The molecule has 0 bridgehead atoms. The van der Waals surface area contributed by atoms with Crippen LogP contribution in [-0.2, 0) is 9.53 Å². The molecule has 0 unspecified atom stereocenters. The first-order valence-corrected chi connectivity index (χ1v) is 8.81. The highest BCUT2D eigenvalue weighted by atomic mass is 35.5. The van der Waals surface area contributed by atoms with Crippen LogP contribution in [0.1, 0.15) is 23.2 Å². The van der Waals surface area contributed by atoms with Gasteiger partial charge in [0, 0.05) is 44.0 Å². The second-order valence-electron chi connectivity index (χ2n) is 6.72. The van der Waals surface area contributed by atoms with Crippen LogP contribution in [0.4, 0.5) is 5.69 Å². The van der Waals surface area contributed by atoms with E-state index in [0.717, 1.165) is 32.6 Å². The molecule has 0 aliphatic carbocycles. The van der Waals surface area contributed by atoms with Crippen LogP contribution in [-0.4, -0.2) is 73.6 Å². The molecular weight excluding hydrogens is 391 g/mol. The number of ether oxygens (including phenoxy) is 1. The molecule has 2 aliphatic heterocycles. The van der Waals surface area contributed by atoms with Crippen molar-refractivity contribution in [2.45, 2.75) is 25.0 Å². The van der Waals surface area contributed by atoms with Crippen LogP contribution < -0.4 is 11.1 Å². The lowest BCUT2D eigenvalue weighted by molar-refractivity contribution is -0.126. The van der Waals surface area contributed by atoms with Crippen molar-refractivity contribution in [3.05, 3.63) is 29.8 Å². The summed E-state index contributed by atoms with van der Waals surface area (Å²) >= 11 is 0. The number of likely N-dealkylation sites (N-methyl/N-ethyl adjacent to an activating group) is 1. The van der Waals surface area contributed by atoms with Gasteiger partial charge in [0.15, 0.2) is 0 Å². The molecule has 2 heterocycles. The van der Waals surface area contributed by atoms with Crippen LogP contribution in [0.25, 0.3) is 0 Å². The summed E-state index contributed by atoms with van der Waals surface area (Å²) < 4.78 is 5.59. The van der Waals surface area contributed by atoms with Crippen LogP contribution in [0, 0.1) is 0 Å². The van der Waals surface area contributed by atoms with Gasteiger partial charge in [-0.15, -0.1) is 24.8 Å². The topological polar surface area (TPSA) is 87.9 Å². The van der Waals surface area contributed by atoms with Crippen molar-refractivity contribution in [2.75, 3.05) is 45.1 Å². The number of amides is 2. The zero-order valence-electron chi connectivity index (χ0n) is 15.4. The molecule has 0 aromatic heterocycles. The number of nitrogens with zero attached hydrogens (tertiary/aromatic N) is 2. The van der Waals surface area contributed by atoms with Gasteiger partial charge in [0.25, 0.3) is 11.8 Å². The van der Waals surface area contributed by atoms with Crippen molar-refractivity contribution in [1.82, 2.24) is 9.80 Å². The van der Waals surface area contributed by atoms with E-state index in [0.29, 0.717) is 24.2 Å². The van der Waals surface area contributed by atoms with E-state index in [1.165, 1.54) is 0 Å². The molecular formula is C18H28Cl2N4O3. The lowest BCUT2D eigenvalue weighted by Gasteiger charge is -2.32. The Morgan fingerprint density at radius 2 is 1.74 bits per heavy atom. The molecule has 2 fully saturated rings. The summed E-state index contributed by atoms with van der Waals surface area (Å²) in [5.41, 5.74) is 6.88. The van der Waals surface area contributed by atoms with Gasteiger partial charge in [0.1, 0.15) is 6.10 Å². The van der Waals surface area contributed by atoms with E-state index in [2.05, 4.69) is 17.3 Å². The van der Waals surface area contributed by atoms with E-state index >= 15 is 0 Å². The van der Waals surface area contributed by atoms with E-state index < -0.39 is 6.10 Å². The van der Waals surface area contributed by atoms with E-state index in [4.69, 9.17) is 10.5 Å². The predicted octanol–water partition coefficient (Wildman–Crippen LogP) is 1.36. The molecule has 1 aromatic carbocycles. The van der Waals surface area contributed by atoms with Crippen molar-refractivity contribution in [2.24, 2.45) is 5.73 Å². The number of nitrogens with two attached hydrogens (primary N) is 1. The maximum absolute atomic E-state index is 12.5. The fourth-order valence-corrected chi connectivity index (χ4v) is 3.18. The number of piperazine rings is 1. The summed E-state index contributed by atoms with van der Waals surface area (Å²) in [6.45, 7) is 3.72. The van der Waals surface area contributed by atoms with E-state index in [1.54, 1.807) is 24.3 Å². The number of carbonyl (C=O) groups is 2. The van der Waals surface area contributed by atoms with E-state index in [-0.39, 0.29) is 42.7 Å². The lowest BCUT2D eigenvalue weighted by Crippen LogP contribution is -2.47. The van der Waals surface area contributed by atoms with Crippen molar-refractivity contribution in [1.29, 1.82) is 0 Å². The average molecular weight is 419 g/mol. The standard InChI is InChI=1S/C18H26N4O3.2ClH/c1-21-8-10-22(11-9-21)18(24)13-2-4-14(5-3-13)20-17(23)16-7-6-15(12-19)25-16;;/h2-5,15-16H,6-12,19H2,1H3,(H,20,23);2*1H/t15-,16+;;/m1../s1. The molecule has 9 heteroatoms. The van der Waals surface area contributed by atoms with Gasteiger partial charge >= 0.3 is 0 Å². The molecule has 2 saturated heterocycles. The monoisotopic (exact) mass is 418 g/mol. The van der Waals surface area contributed by atoms with Gasteiger partial charge in [-0.05, 0) is 44.2 Å². The molecule has 0 spiro atoms. The highest BCUT2D eigenvalue weighted by Gasteiger charge is 2.29. The van der Waals surface area contributed by atoms with Crippen molar-refractivity contribution in [3.8, 4) is 0 Å². The Morgan fingerprint density at radius 3 is 2.30 bits per heavy atom. The Kier molecular flexibility index (Phi) is 9.49. The number of hydrogen-bond donors (Lipinski definition) is 2. The molecule has 27 heavy (non-hydrogen) atoms. The first kappa shape index (κ1) is 23.7. The molecule has 7 nitrogen and oxygen atoms in total. The zero-order valence-corrected chi connectivity index (χ0v) is 17.1. The van der Waals surface area contributed by atoms with Crippen LogP contribution in [0.5, 0.6) is 0 Å². The van der Waals surface area contributed by atoms with Crippen molar-refractivity contribution >= 4 is 42.3 Å². The summed E-state index contributed by atoms with van der Waals surface area (Å²) in [6.07, 6.45) is 1.03. The third kappa shape index (κ3) is 6.05. The Morgan fingerprint density at radius 1 is 1.11 bits per heavy atom. The van der Waals surface area contributed by atoms with Crippen LogP contribution >= 0.6 is 24.8 Å². The number of halogens is 2. The second-order valence-corrected chi connectivity index (χ2v) is 6.72. The van der Waals surface area contributed by atoms with Gasteiger partial charge < -0.3 is 25.6 Å². The molecule has 152 valence electrons. The van der Waals surface area contributed by atoms with E-state index in [9.17, 15) is 9.59 Å². The summed E-state index contributed by atoms with van der Waals surface area (Å²) in [5.74, 6) is -0.120. The predicted molar refractivity (Wildman–Crippen MR) is 110 cm³/mol. The second kappa shape index (κ2) is 10.8. The van der Waals surface area contributed by atoms with Gasteiger partial charge in [-0.2, -0.15) is 0 Å². The van der Waals surface area contributed by atoms with Gasteiger partial charge in [-0.1, -0.05) is 0 Å². The number of benzene rings is 1. The lowest BCUT2D eigenvalue weighted by atomic mass is 10.1. The summed E-state index contributed by atoms with van der Waals surface area (Å²) in [4.78, 5) is 28.8. The minimum atomic E-state index is -0.444. The van der Waals surface area contributed by atoms with Crippen LogP contribution in [0.15, 0.2) is 24.3 Å². The molecule has 3 rings (SSSR count). The van der Waals surface area contributed by atoms with Crippen molar-refractivity contribution in [3.63, 3.8) is 0 Å². The average Bonchev–Trinajstić information content (AvgIpc) is 3.12. The Bertz CT molecular complexity index is 622. The van der Waals surface area contributed by atoms with E-state index in [1.807, 2.05) is 4.90 Å². The zero-order chi connectivity index (χ0) is 17.8. The number of anilines is 1. The molecule has 2 atom stereocenters. The molecule has 2 aliphatic rings. The SMILES string of the molecule is CN1CCN(C(=O)c2ccc(NC(=O)[C@@H]3CC[C@H](CN)O3)cc2)CC1.Cl.Cl. The Hall–Kier alpha value is -1.38. The highest BCUT2D eigenvalue weighted by Crippen LogP contribution is 2.21. The fourth-order valence-electron chi connectivity index (χ4n) is 3.18. The number of hydrogen-bond acceptors (Lipinski definition) is 5. The Labute approximate surface area is 172 Å². The minimum Gasteiger partial charge on any atom is -0.364 e. The molecule has 2 amide bonds. The van der Waals surface area contributed by atoms with Gasteiger partial charge in [-0.3, -0.25) is 9.59 Å². The van der Waals surface area contributed by atoms with Gasteiger partial charge in [0.05, 0.1) is 6.10 Å². The summed E-state index contributed by atoms with van der Waals surface area (Å²) in [6, 6.07) is 7.04. The normalized spacial score (nSPS) is 22.5. The Balaban J connectivity index is 0.00000182. The number of rotatable bonds is 4. The van der Waals surface area contributed by atoms with Crippen molar-refractivity contribution < 1.29 is 14.3 Å². The smallest absolute Gasteiger partial charge is 0.253 e. The minimum absolute atomic E-state index is 0. The first-order chi connectivity index (χ1) is 12.1.